The Labute approximate surface area is 159 Å². The van der Waals surface area contributed by atoms with Crippen molar-refractivity contribution in [1.82, 2.24) is 10.4 Å². The molecule has 0 spiro atoms. The van der Waals surface area contributed by atoms with Crippen LogP contribution in [0.3, 0.4) is 0 Å². The first-order chi connectivity index (χ1) is 12.6. The molecule has 1 aromatic rings. The van der Waals surface area contributed by atoms with Gasteiger partial charge < -0.3 is 24.6 Å². The molecule has 0 fully saturated rings. The fourth-order valence-electron chi connectivity index (χ4n) is 1.78. The molecule has 0 aliphatic heterocycles. The molecule has 0 saturated carbocycles. The van der Waals surface area contributed by atoms with Crippen molar-refractivity contribution in [3.63, 3.8) is 0 Å². The lowest BCUT2D eigenvalue weighted by atomic mass is 10.2. The highest BCUT2D eigenvalue weighted by molar-refractivity contribution is 7.55. The summed E-state index contributed by atoms with van der Waals surface area (Å²) in [5, 5.41) is 14.0. The van der Waals surface area contributed by atoms with E-state index in [0.29, 0.717) is 11.9 Å². The minimum Gasteiger partial charge on any atom is -0.444 e. The van der Waals surface area contributed by atoms with Gasteiger partial charge in [-0.25, -0.2) is 14.0 Å². The van der Waals surface area contributed by atoms with Gasteiger partial charge in [-0.3, -0.25) is 5.09 Å². The maximum atomic E-state index is 13.7. The van der Waals surface area contributed by atoms with Gasteiger partial charge in [0, 0.05) is 14.6 Å². The molecular formula is C17H26FN2O6P. The SMILES string of the molecule is CP(COCCNC(=O)Oc1ccc(CO)cc1F)NC(=O)OC(C)(C)C. The first kappa shape index (κ1) is 23.1. The topological polar surface area (TPSA) is 106 Å². The summed E-state index contributed by atoms with van der Waals surface area (Å²) in [6, 6.07) is 3.81. The molecule has 8 nitrogen and oxygen atoms in total. The first-order valence-corrected chi connectivity index (χ1v) is 10.2. The molecule has 27 heavy (non-hydrogen) atoms. The minimum absolute atomic E-state index is 0.158. The van der Waals surface area contributed by atoms with E-state index in [1.165, 1.54) is 12.1 Å². The van der Waals surface area contributed by atoms with Gasteiger partial charge in [0.1, 0.15) is 5.60 Å². The molecule has 1 rings (SSSR count). The molecule has 1 atom stereocenters. The Bertz CT molecular complexity index is 638. The second kappa shape index (κ2) is 11.0. The fourth-order valence-corrected chi connectivity index (χ4v) is 2.60. The smallest absolute Gasteiger partial charge is 0.412 e. The van der Waals surface area contributed by atoms with Crippen molar-refractivity contribution in [3.05, 3.63) is 29.6 Å². The lowest BCUT2D eigenvalue weighted by Crippen LogP contribution is -2.31. The Hall–Kier alpha value is -1.96. The van der Waals surface area contributed by atoms with Gasteiger partial charge in [0.05, 0.1) is 19.6 Å². The highest BCUT2D eigenvalue weighted by atomic mass is 31.1. The summed E-state index contributed by atoms with van der Waals surface area (Å²) in [7, 11) is -0.915. The van der Waals surface area contributed by atoms with Crippen LogP contribution in [0.25, 0.3) is 0 Å². The molecule has 10 heteroatoms. The van der Waals surface area contributed by atoms with E-state index in [9.17, 15) is 14.0 Å². The van der Waals surface area contributed by atoms with Crippen LogP contribution in [0.2, 0.25) is 0 Å². The maximum absolute atomic E-state index is 13.7. The Morgan fingerprint density at radius 2 is 1.96 bits per heavy atom. The highest BCUT2D eigenvalue weighted by Gasteiger charge is 2.17. The number of ether oxygens (including phenoxy) is 3. The molecule has 1 unspecified atom stereocenters. The number of halogens is 1. The van der Waals surface area contributed by atoms with Crippen molar-refractivity contribution in [2.75, 3.05) is 26.2 Å². The van der Waals surface area contributed by atoms with Crippen LogP contribution in [0, 0.1) is 5.82 Å². The second-order valence-electron chi connectivity index (χ2n) is 6.59. The van der Waals surface area contributed by atoms with Crippen molar-refractivity contribution in [2.45, 2.75) is 33.0 Å². The standard InChI is InChI=1S/C17H26FN2O6P/c1-17(2,3)26-16(23)20-27(4)11-24-8-7-19-15(22)25-14-6-5-12(10-21)9-13(14)18/h5-6,9,21H,7-8,10-11H2,1-4H3,(H,19,22)(H,20,23). The summed E-state index contributed by atoms with van der Waals surface area (Å²) in [4.78, 5) is 23.2. The summed E-state index contributed by atoms with van der Waals surface area (Å²) in [5.74, 6) is -0.970. The van der Waals surface area contributed by atoms with Crippen molar-refractivity contribution in [3.8, 4) is 5.75 Å². The molecule has 0 aliphatic rings. The van der Waals surface area contributed by atoms with Gasteiger partial charge in [0.25, 0.3) is 0 Å². The quantitative estimate of drug-likeness (QED) is 0.454. The monoisotopic (exact) mass is 404 g/mol. The van der Waals surface area contributed by atoms with Gasteiger partial charge >= 0.3 is 12.2 Å². The largest absolute Gasteiger partial charge is 0.444 e. The van der Waals surface area contributed by atoms with Crippen LogP contribution >= 0.6 is 8.07 Å². The van der Waals surface area contributed by atoms with Crippen molar-refractivity contribution < 1.29 is 33.3 Å². The molecule has 0 heterocycles. The van der Waals surface area contributed by atoms with Gasteiger partial charge in [-0.15, -0.1) is 0 Å². The Morgan fingerprint density at radius 1 is 1.26 bits per heavy atom. The number of carbonyl (C=O) groups excluding carboxylic acids is 2. The van der Waals surface area contributed by atoms with E-state index >= 15 is 0 Å². The van der Waals surface area contributed by atoms with Crippen LogP contribution in [-0.2, 0) is 16.1 Å². The van der Waals surface area contributed by atoms with E-state index in [1.54, 1.807) is 20.8 Å². The summed E-state index contributed by atoms with van der Waals surface area (Å²) in [6.07, 6.45) is -1.03. The number of nitrogens with one attached hydrogen (secondary N) is 2. The third-order valence-corrected chi connectivity index (χ3v) is 4.00. The number of hydrogen-bond acceptors (Lipinski definition) is 6. The molecule has 1 aromatic carbocycles. The Balaban J connectivity index is 2.20. The fraction of sp³-hybridized carbons (Fsp3) is 0.529. The lowest BCUT2D eigenvalue weighted by molar-refractivity contribution is 0.0569. The third kappa shape index (κ3) is 10.1. The van der Waals surface area contributed by atoms with E-state index in [-0.39, 0.29) is 25.5 Å². The van der Waals surface area contributed by atoms with Crippen molar-refractivity contribution in [2.24, 2.45) is 0 Å². The molecular weight excluding hydrogens is 378 g/mol. The van der Waals surface area contributed by atoms with Gasteiger partial charge in [-0.2, -0.15) is 0 Å². The number of hydrogen-bond donors (Lipinski definition) is 3. The number of benzene rings is 1. The lowest BCUT2D eigenvalue weighted by Gasteiger charge is -2.21. The zero-order valence-corrected chi connectivity index (χ0v) is 16.8. The maximum Gasteiger partial charge on any atom is 0.412 e. The third-order valence-electron chi connectivity index (χ3n) is 2.86. The Kier molecular flexibility index (Phi) is 9.41. The summed E-state index contributed by atoms with van der Waals surface area (Å²) in [5.41, 5.74) is -0.187. The highest BCUT2D eigenvalue weighted by Crippen LogP contribution is 2.25. The van der Waals surface area contributed by atoms with Gasteiger partial charge in [0.15, 0.2) is 11.6 Å². The summed E-state index contributed by atoms with van der Waals surface area (Å²) < 4.78 is 29.0. The van der Waals surface area contributed by atoms with Crippen LogP contribution < -0.4 is 15.1 Å². The molecule has 3 N–H and O–H groups in total. The average Bonchev–Trinajstić information content (AvgIpc) is 2.54. The number of amides is 2. The van der Waals surface area contributed by atoms with Crippen LogP contribution in [0.5, 0.6) is 5.75 Å². The van der Waals surface area contributed by atoms with E-state index in [1.807, 2.05) is 6.66 Å². The van der Waals surface area contributed by atoms with E-state index < -0.39 is 31.7 Å². The summed E-state index contributed by atoms with van der Waals surface area (Å²) in [6.45, 7) is 7.20. The number of carbonyl (C=O) groups is 2. The van der Waals surface area contributed by atoms with Gasteiger partial charge in [0.2, 0.25) is 0 Å². The minimum atomic E-state index is -0.915. The molecule has 0 saturated heterocycles. The molecule has 0 aromatic heterocycles. The molecule has 152 valence electrons. The normalized spacial score (nSPS) is 12.2. The number of aliphatic hydroxyl groups is 1. The van der Waals surface area contributed by atoms with Crippen LogP contribution in [0.1, 0.15) is 26.3 Å². The zero-order chi connectivity index (χ0) is 20.4. The van der Waals surface area contributed by atoms with Gasteiger partial charge in [-0.05, 0) is 45.1 Å². The molecule has 0 radical (unpaired) electrons. The van der Waals surface area contributed by atoms with Crippen LogP contribution in [0.4, 0.5) is 14.0 Å². The number of aliphatic hydroxyl groups excluding tert-OH is 1. The van der Waals surface area contributed by atoms with E-state index in [2.05, 4.69) is 10.4 Å². The van der Waals surface area contributed by atoms with Crippen LogP contribution in [-0.4, -0.2) is 49.1 Å². The van der Waals surface area contributed by atoms with Crippen molar-refractivity contribution >= 4 is 20.3 Å². The predicted molar refractivity (Wildman–Crippen MR) is 99.4 cm³/mol. The van der Waals surface area contributed by atoms with Crippen LogP contribution in [0.15, 0.2) is 18.2 Å². The zero-order valence-electron chi connectivity index (χ0n) is 15.9. The van der Waals surface area contributed by atoms with Gasteiger partial charge in [-0.1, -0.05) is 6.07 Å². The molecule has 0 bridgehead atoms. The van der Waals surface area contributed by atoms with Crippen molar-refractivity contribution in [1.29, 1.82) is 0 Å². The molecule has 2 amide bonds. The second-order valence-corrected chi connectivity index (χ2v) is 8.47. The molecule has 0 aliphatic carbocycles. The van der Waals surface area contributed by atoms with E-state index in [0.717, 1.165) is 6.07 Å². The predicted octanol–water partition coefficient (Wildman–Crippen LogP) is 2.93. The Morgan fingerprint density at radius 3 is 2.56 bits per heavy atom. The van der Waals surface area contributed by atoms with E-state index in [4.69, 9.17) is 19.3 Å². The average molecular weight is 404 g/mol. The number of rotatable bonds is 8. The summed E-state index contributed by atoms with van der Waals surface area (Å²) >= 11 is 0. The first-order valence-electron chi connectivity index (χ1n) is 8.24.